The molecule has 0 spiro atoms. The van der Waals surface area contributed by atoms with E-state index >= 15 is 0 Å². The lowest BCUT2D eigenvalue weighted by molar-refractivity contribution is -0.109. The topological polar surface area (TPSA) is 72.5 Å². The van der Waals surface area contributed by atoms with E-state index < -0.39 is 5.97 Å². The van der Waals surface area contributed by atoms with Crippen molar-refractivity contribution in [3.8, 4) is 0 Å². The van der Waals surface area contributed by atoms with Crippen molar-refractivity contribution in [2.45, 2.75) is 26.3 Å². The van der Waals surface area contributed by atoms with Crippen LogP contribution in [0.2, 0.25) is 0 Å². The maximum Gasteiger partial charge on any atom is 0.337 e. The van der Waals surface area contributed by atoms with E-state index in [1.165, 1.54) is 25.8 Å². The van der Waals surface area contributed by atoms with Crippen LogP contribution in [0.15, 0.2) is 48.5 Å². The van der Waals surface area contributed by atoms with E-state index in [9.17, 15) is 14.4 Å². The smallest absolute Gasteiger partial charge is 0.337 e. The minimum Gasteiger partial charge on any atom is -0.465 e. The van der Waals surface area contributed by atoms with Gasteiger partial charge in [0.2, 0.25) is 0 Å². The number of hydrogen-bond acceptors (Lipinski definition) is 5. The molecule has 0 aliphatic heterocycles. The number of thioether (sulfide) groups is 1. The van der Waals surface area contributed by atoms with Gasteiger partial charge >= 0.3 is 5.97 Å². The highest BCUT2D eigenvalue weighted by molar-refractivity contribution is 8.13. The first-order valence-corrected chi connectivity index (χ1v) is 9.56. The summed E-state index contributed by atoms with van der Waals surface area (Å²) in [5.41, 5.74) is 3.11. The third kappa shape index (κ3) is 6.25. The van der Waals surface area contributed by atoms with Crippen LogP contribution in [0.25, 0.3) is 0 Å². The molecule has 1 unspecified atom stereocenters. The largest absolute Gasteiger partial charge is 0.465 e. The van der Waals surface area contributed by atoms with E-state index in [0.29, 0.717) is 23.3 Å². The fraction of sp³-hybridized carbons (Fsp3) is 0.286. The summed E-state index contributed by atoms with van der Waals surface area (Å²) < 4.78 is 4.66. The van der Waals surface area contributed by atoms with Crippen LogP contribution >= 0.6 is 11.8 Å². The molecule has 0 aliphatic carbocycles. The Kier molecular flexibility index (Phi) is 7.61. The Morgan fingerprint density at radius 2 is 1.67 bits per heavy atom. The zero-order chi connectivity index (χ0) is 19.8. The standard InChI is InChI=1S/C21H23NO4S/c1-14-6-4-5-7-18(14)12-19(13-27-15(2)23)22-20(24)16-8-10-17(11-9-16)21(25)26-3/h4-11,19H,12-13H2,1-3H3,(H,22,24). The van der Waals surface area contributed by atoms with Gasteiger partial charge in [-0.2, -0.15) is 0 Å². The number of hydrogen-bond donors (Lipinski definition) is 1. The van der Waals surface area contributed by atoms with E-state index in [1.807, 2.05) is 31.2 Å². The highest BCUT2D eigenvalue weighted by Crippen LogP contribution is 2.14. The number of aryl methyl sites for hydroxylation is 1. The van der Waals surface area contributed by atoms with Gasteiger partial charge in [-0.3, -0.25) is 9.59 Å². The first-order chi connectivity index (χ1) is 12.9. The van der Waals surface area contributed by atoms with Gasteiger partial charge < -0.3 is 10.1 Å². The molecule has 0 aliphatic rings. The normalized spacial score (nSPS) is 11.5. The molecule has 0 fully saturated rings. The monoisotopic (exact) mass is 385 g/mol. The number of amides is 1. The average Bonchev–Trinajstić information content (AvgIpc) is 2.67. The van der Waals surface area contributed by atoms with E-state index in [0.717, 1.165) is 11.1 Å². The Morgan fingerprint density at radius 3 is 2.26 bits per heavy atom. The molecule has 142 valence electrons. The predicted octanol–water partition coefficient (Wildman–Crippen LogP) is 3.40. The van der Waals surface area contributed by atoms with Crippen LogP contribution in [0.1, 0.15) is 38.8 Å². The Labute approximate surface area is 163 Å². The van der Waals surface area contributed by atoms with Crippen LogP contribution in [0.5, 0.6) is 0 Å². The molecular formula is C21H23NO4S. The van der Waals surface area contributed by atoms with Crippen LogP contribution in [0, 0.1) is 6.92 Å². The van der Waals surface area contributed by atoms with Gasteiger partial charge in [0, 0.05) is 24.3 Å². The fourth-order valence-corrected chi connectivity index (χ4v) is 3.26. The molecule has 1 atom stereocenters. The first-order valence-electron chi connectivity index (χ1n) is 8.57. The van der Waals surface area contributed by atoms with Crippen molar-refractivity contribution in [1.82, 2.24) is 5.32 Å². The molecule has 27 heavy (non-hydrogen) atoms. The maximum atomic E-state index is 12.6. The Bertz CT molecular complexity index is 817. The second-order valence-corrected chi connectivity index (χ2v) is 7.37. The van der Waals surface area contributed by atoms with Crippen molar-refractivity contribution in [1.29, 1.82) is 0 Å². The van der Waals surface area contributed by atoms with Crippen LogP contribution in [0.3, 0.4) is 0 Å². The van der Waals surface area contributed by atoms with Gasteiger partial charge in [-0.25, -0.2) is 4.79 Å². The summed E-state index contributed by atoms with van der Waals surface area (Å²) in [5, 5.41) is 3.01. The molecular weight excluding hydrogens is 362 g/mol. The van der Waals surface area contributed by atoms with E-state index in [4.69, 9.17) is 0 Å². The van der Waals surface area contributed by atoms with Crippen LogP contribution in [0.4, 0.5) is 0 Å². The number of rotatable bonds is 7. The number of ether oxygens (including phenoxy) is 1. The minimum atomic E-state index is -0.447. The summed E-state index contributed by atoms with van der Waals surface area (Å²) in [4.78, 5) is 35.5. The quantitative estimate of drug-likeness (QED) is 0.740. The van der Waals surface area contributed by atoms with Crippen LogP contribution in [-0.4, -0.2) is 35.9 Å². The molecule has 0 saturated carbocycles. The molecule has 0 radical (unpaired) electrons. The van der Waals surface area contributed by atoms with Crippen LogP contribution in [-0.2, 0) is 16.0 Å². The van der Waals surface area contributed by atoms with Gasteiger partial charge in [-0.15, -0.1) is 0 Å². The van der Waals surface area contributed by atoms with E-state index in [1.54, 1.807) is 24.3 Å². The fourth-order valence-electron chi connectivity index (χ4n) is 2.62. The number of carbonyl (C=O) groups is 3. The van der Waals surface area contributed by atoms with Crippen molar-refractivity contribution >= 4 is 28.8 Å². The minimum absolute atomic E-state index is 0.0152. The molecule has 6 heteroatoms. The van der Waals surface area contributed by atoms with E-state index in [2.05, 4.69) is 10.1 Å². The lowest BCUT2D eigenvalue weighted by atomic mass is 10.0. The van der Waals surface area contributed by atoms with Gasteiger partial charge in [0.25, 0.3) is 5.91 Å². The summed E-state index contributed by atoms with van der Waals surface area (Å²) in [6.07, 6.45) is 0.638. The average molecular weight is 385 g/mol. The molecule has 0 aromatic heterocycles. The van der Waals surface area contributed by atoms with E-state index in [-0.39, 0.29) is 17.1 Å². The zero-order valence-electron chi connectivity index (χ0n) is 15.7. The molecule has 0 saturated heterocycles. The highest BCUT2D eigenvalue weighted by atomic mass is 32.2. The SMILES string of the molecule is COC(=O)c1ccc(C(=O)NC(CSC(C)=O)Cc2ccccc2C)cc1. The van der Waals surface area contributed by atoms with Crippen LogP contribution < -0.4 is 5.32 Å². The van der Waals surface area contributed by atoms with Crippen molar-refractivity contribution in [2.75, 3.05) is 12.9 Å². The summed E-state index contributed by atoms with van der Waals surface area (Å²) in [5.74, 6) is -0.193. The number of benzene rings is 2. The van der Waals surface area contributed by atoms with Crippen molar-refractivity contribution in [3.63, 3.8) is 0 Å². The summed E-state index contributed by atoms with van der Waals surface area (Å²) >= 11 is 1.20. The second kappa shape index (κ2) is 9.92. The molecule has 2 rings (SSSR count). The lowest BCUT2D eigenvalue weighted by Crippen LogP contribution is -2.38. The molecule has 1 amide bonds. The zero-order valence-corrected chi connectivity index (χ0v) is 16.5. The third-order valence-electron chi connectivity index (χ3n) is 4.12. The second-order valence-electron chi connectivity index (χ2n) is 6.17. The summed E-state index contributed by atoms with van der Waals surface area (Å²) in [7, 11) is 1.31. The molecule has 2 aromatic carbocycles. The van der Waals surface area contributed by atoms with Gasteiger partial charge in [-0.1, -0.05) is 36.0 Å². The van der Waals surface area contributed by atoms with Gasteiger partial charge in [0.15, 0.2) is 5.12 Å². The number of esters is 1. The lowest BCUT2D eigenvalue weighted by Gasteiger charge is -2.19. The first kappa shape index (κ1) is 20.7. The molecule has 0 heterocycles. The highest BCUT2D eigenvalue weighted by Gasteiger charge is 2.17. The molecule has 5 nitrogen and oxygen atoms in total. The number of nitrogens with one attached hydrogen (secondary N) is 1. The van der Waals surface area contributed by atoms with Gasteiger partial charge in [0.1, 0.15) is 0 Å². The molecule has 2 aromatic rings. The predicted molar refractivity (Wildman–Crippen MR) is 107 cm³/mol. The van der Waals surface area contributed by atoms with Crippen molar-refractivity contribution in [2.24, 2.45) is 0 Å². The third-order valence-corrected chi connectivity index (χ3v) is 5.09. The van der Waals surface area contributed by atoms with Gasteiger partial charge in [-0.05, 0) is 48.7 Å². The van der Waals surface area contributed by atoms with Crippen molar-refractivity contribution < 1.29 is 19.1 Å². The molecule has 0 bridgehead atoms. The Morgan fingerprint density at radius 1 is 1.04 bits per heavy atom. The number of carbonyl (C=O) groups excluding carboxylic acids is 3. The van der Waals surface area contributed by atoms with Crippen molar-refractivity contribution in [3.05, 3.63) is 70.8 Å². The summed E-state index contributed by atoms with van der Waals surface area (Å²) in [6, 6.07) is 14.1. The Balaban J connectivity index is 2.11. The number of methoxy groups -OCH3 is 1. The Hall–Kier alpha value is -2.60. The summed E-state index contributed by atoms with van der Waals surface area (Å²) in [6.45, 7) is 3.54. The maximum absolute atomic E-state index is 12.6. The molecule has 1 N–H and O–H groups in total. The van der Waals surface area contributed by atoms with Gasteiger partial charge in [0.05, 0.1) is 12.7 Å².